The van der Waals surface area contributed by atoms with Gasteiger partial charge >= 0.3 is 0 Å². The fourth-order valence-electron chi connectivity index (χ4n) is 3.13. The van der Waals surface area contributed by atoms with Crippen LogP contribution in [0.3, 0.4) is 0 Å². The molecule has 27 heavy (non-hydrogen) atoms. The van der Waals surface area contributed by atoms with Gasteiger partial charge < -0.3 is 10.1 Å². The summed E-state index contributed by atoms with van der Waals surface area (Å²) in [4.78, 5) is 12.6. The molecular formula is C20H19FN4O2. The third-order valence-electron chi connectivity index (χ3n) is 4.65. The molecular weight excluding hydrogens is 347 g/mol. The Hall–Kier alpha value is -3.06. The number of hydrogen-bond acceptors (Lipinski definition) is 4. The molecule has 1 aromatic heterocycles. The highest BCUT2D eigenvalue weighted by Gasteiger charge is 2.27. The number of benzene rings is 2. The summed E-state index contributed by atoms with van der Waals surface area (Å²) < 4.78 is 20.6. The Kier molecular flexibility index (Phi) is 4.68. The first-order valence-corrected chi connectivity index (χ1v) is 8.83. The van der Waals surface area contributed by atoms with Crippen molar-refractivity contribution in [1.82, 2.24) is 15.0 Å². The van der Waals surface area contributed by atoms with Gasteiger partial charge in [0, 0.05) is 5.69 Å². The molecule has 138 valence electrons. The second kappa shape index (κ2) is 7.28. The van der Waals surface area contributed by atoms with Crippen molar-refractivity contribution in [2.24, 2.45) is 0 Å². The molecule has 1 atom stereocenters. The van der Waals surface area contributed by atoms with Gasteiger partial charge in [-0.05, 0) is 41.8 Å². The first-order valence-electron chi connectivity index (χ1n) is 8.83. The number of aromatic nitrogens is 3. The number of hydrogen-bond donors (Lipinski definition) is 1. The van der Waals surface area contributed by atoms with Crippen LogP contribution >= 0.6 is 0 Å². The molecule has 3 aromatic rings. The number of aryl methyl sites for hydroxylation is 1. The molecule has 6 nitrogen and oxygen atoms in total. The number of ether oxygens (including phenoxy) is 1. The van der Waals surface area contributed by atoms with Crippen LogP contribution in [0, 0.1) is 5.82 Å². The van der Waals surface area contributed by atoms with E-state index in [9.17, 15) is 9.18 Å². The maximum atomic E-state index is 13.1. The van der Waals surface area contributed by atoms with Gasteiger partial charge in [0.2, 0.25) is 0 Å². The van der Waals surface area contributed by atoms with Gasteiger partial charge in [0.05, 0.1) is 18.8 Å². The molecule has 1 aliphatic heterocycles. The van der Waals surface area contributed by atoms with E-state index in [1.165, 1.54) is 12.1 Å². The van der Waals surface area contributed by atoms with Crippen molar-refractivity contribution < 1.29 is 13.9 Å². The van der Waals surface area contributed by atoms with E-state index in [-0.39, 0.29) is 30.1 Å². The molecule has 2 heterocycles. The Morgan fingerprint density at radius 3 is 2.89 bits per heavy atom. The SMILES string of the molecule is CCc1cccc(NC(=O)c2nnn3c2CO[C@@H](c2ccc(F)cc2)C3)c1. The molecule has 1 aliphatic rings. The fraction of sp³-hybridized carbons (Fsp3) is 0.250. The third kappa shape index (κ3) is 3.59. The van der Waals surface area contributed by atoms with E-state index in [2.05, 4.69) is 22.6 Å². The highest BCUT2D eigenvalue weighted by Crippen LogP contribution is 2.27. The molecule has 0 saturated carbocycles. The van der Waals surface area contributed by atoms with Crippen LogP contribution in [0.25, 0.3) is 0 Å². The molecule has 0 radical (unpaired) electrons. The molecule has 1 amide bonds. The van der Waals surface area contributed by atoms with Crippen LogP contribution in [0.4, 0.5) is 10.1 Å². The lowest BCUT2D eigenvalue weighted by Gasteiger charge is -2.24. The van der Waals surface area contributed by atoms with Gasteiger partial charge in [0.1, 0.15) is 11.9 Å². The molecule has 0 saturated heterocycles. The molecule has 4 rings (SSSR count). The standard InChI is InChI=1S/C20H19FN4O2/c1-2-13-4-3-5-16(10-13)22-20(26)19-17-12-27-18(11-25(17)24-23-19)14-6-8-15(21)9-7-14/h3-10,18H,2,11-12H2,1H3,(H,22,26)/t18-/m1/s1. The summed E-state index contributed by atoms with van der Waals surface area (Å²) in [5, 5.41) is 11.0. The third-order valence-corrected chi connectivity index (χ3v) is 4.65. The molecule has 2 aromatic carbocycles. The zero-order chi connectivity index (χ0) is 18.8. The predicted molar refractivity (Wildman–Crippen MR) is 97.7 cm³/mol. The van der Waals surface area contributed by atoms with Gasteiger partial charge in [-0.15, -0.1) is 5.10 Å². The van der Waals surface area contributed by atoms with E-state index in [4.69, 9.17) is 4.74 Å². The number of rotatable bonds is 4. The summed E-state index contributed by atoms with van der Waals surface area (Å²) in [7, 11) is 0. The smallest absolute Gasteiger partial charge is 0.278 e. The number of carbonyl (C=O) groups excluding carboxylic acids is 1. The van der Waals surface area contributed by atoms with E-state index in [0.29, 0.717) is 12.2 Å². The van der Waals surface area contributed by atoms with Crippen LogP contribution in [0.1, 0.15) is 40.3 Å². The Morgan fingerprint density at radius 1 is 1.30 bits per heavy atom. The van der Waals surface area contributed by atoms with Crippen molar-refractivity contribution >= 4 is 11.6 Å². The number of nitrogens with zero attached hydrogens (tertiary/aromatic N) is 3. The maximum absolute atomic E-state index is 13.1. The number of fused-ring (bicyclic) bond motifs is 1. The first-order chi connectivity index (χ1) is 13.1. The summed E-state index contributed by atoms with van der Waals surface area (Å²) in [5.74, 6) is -0.601. The van der Waals surface area contributed by atoms with Crippen LogP contribution in [0.5, 0.6) is 0 Å². The van der Waals surface area contributed by atoms with Crippen LogP contribution < -0.4 is 5.32 Å². The maximum Gasteiger partial charge on any atom is 0.278 e. The Bertz CT molecular complexity index is 968. The fourth-order valence-corrected chi connectivity index (χ4v) is 3.13. The summed E-state index contributed by atoms with van der Waals surface area (Å²) in [6, 6.07) is 13.9. The van der Waals surface area contributed by atoms with Crippen molar-refractivity contribution in [2.75, 3.05) is 5.32 Å². The summed E-state index contributed by atoms with van der Waals surface area (Å²) in [5.41, 5.74) is 3.62. The van der Waals surface area contributed by atoms with Gasteiger partial charge in [0.15, 0.2) is 5.69 Å². The average Bonchev–Trinajstić information content (AvgIpc) is 3.12. The monoisotopic (exact) mass is 366 g/mol. The topological polar surface area (TPSA) is 69.0 Å². The zero-order valence-corrected chi connectivity index (χ0v) is 14.9. The number of anilines is 1. The first kappa shape index (κ1) is 17.4. The minimum Gasteiger partial charge on any atom is -0.365 e. The summed E-state index contributed by atoms with van der Waals surface area (Å²) in [6.45, 7) is 2.70. The number of amides is 1. The van der Waals surface area contributed by atoms with Crippen molar-refractivity contribution in [2.45, 2.75) is 32.6 Å². The van der Waals surface area contributed by atoms with Crippen molar-refractivity contribution in [3.8, 4) is 0 Å². The molecule has 0 aliphatic carbocycles. The van der Waals surface area contributed by atoms with Crippen LogP contribution in [-0.4, -0.2) is 20.9 Å². The van der Waals surface area contributed by atoms with Crippen molar-refractivity contribution in [3.05, 3.63) is 76.9 Å². The second-order valence-corrected chi connectivity index (χ2v) is 6.43. The largest absolute Gasteiger partial charge is 0.365 e. The summed E-state index contributed by atoms with van der Waals surface area (Å²) >= 11 is 0. The Labute approximate surface area is 156 Å². The number of halogens is 1. The van der Waals surface area contributed by atoms with Gasteiger partial charge in [0.25, 0.3) is 5.91 Å². The molecule has 1 N–H and O–H groups in total. The lowest BCUT2D eigenvalue weighted by Crippen LogP contribution is -2.24. The normalized spacial score (nSPS) is 16.0. The Morgan fingerprint density at radius 2 is 2.11 bits per heavy atom. The Balaban J connectivity index is 1.50. The van der Waals surface area contributed by atoms with E-state index in [1.807, 2.05) is 24.3 Å². The second-order valence-electron chi connectivity index (χ2n) is 6.43. The molecule has 7 heteroatoms. The van der Waals surface area contributed by atoms with Gasteiger partial charge in [-0.3, -0.25) is 4.79 Å². The summed E-state index contributed by atoms with van der Waals surface area (Å²) in [6.07, 6.45) is 0.640. The quantitative estimate of drug-likeness (QED) is 0.767. The zero-order valence-electron chi connectivity index (χ0n) is 14.9. The lowest BCUT2D eigenvalue weighted by molar-refractivity contribution is -0.00174. The molecule has 0 bridgehead atoms. The highest BCUT2D eigenvalue weighted by atomic mass is 19.1. The van der Waals surface area contributed by atoms with E-state index in [1.54, 1.807) is 16.8 Å². The van der Waals surface area contributed by atoms with Gasteiger partial charge in [-0.2, -0.15) is 0 Å². The average molecular weight is 366 g/mol. The minimum atomic E-state index is -0.312. The molecule has 0 spiro atoms. The van der Waals surface area contributed by atoms with Crippen molar-refractivity contribution in [3.63, 3.8) is 0 Å². The van der Waals surface area contributed by atoms with Crippen LogP contribution in [-0.2, 0) is 24.3 Å². The minimum absolute atomic E-state index is 0.215. The number of nitrogens with one attached hydrogen (secondary N) is 1. The van der Waals surface area contributed by atoms with Crippen LogP contribution in [0.2, 0.25) is 0 Å². The lowest BCUT2D eigenvalue weighted by atomic mass is 10.1. The predicted octanol–water partition coefficient (Wildman–Crippen LogP) is 3.50. The highest BCUT2D eigenvalue weighted by molar-refractivity contribution is 6.03. The number of carbonyl (C=O) groups is 1. The van der Waals surface area contributed by atoms with Crippen LogP contribution in [0.15, 0.2) is 48.5 Å². The molecule has 0 unspecified atom stereocenters. The van der Waals surface area contributed by atoms with Gasteiger partial charge in [-0.25, -0.2) is 9.07 Å². The van der Waals surface area contributed by atoms with Gasteiger partial charge in [-0.1, -0.05) is 36.4 Å². The van der Waals surface area contributed by atoms with E-state index < -0.39 is 0 Å². The van der Waals surface area contributed by atoms with E-state index >= 15 is 0 Å². The van der Waals surface area contributed by atoms with E-state index in [0.717, 1.165) is 23.2 Å². The van der Waals surface area contributed by atoms with Crippen molar-refractivity contribution in [1.29, 1.82) is 0 Å². The molecule has 0 fully saturated rings.